The molecule has 0 aliphatic rings. The summed E-state index contributed by atoms with van der Waals surface area (Å²) in [5.41, 5.74) is -1.27. The predicted octanol–water partition coefficient (Wildman–Crippen LogP) is 2.77. The predicted molar refractivity (Wildman–Crippen MR) is 53.8 cm³/mol. The fourth-order valence-corrected chi connectivity index (χ4v) is 1.53. The van der Waals surface area contributed by atoms with Crippen molar-refractivity contribution in [1.82, 2.24) is 4.98 Å². The van der Waals surface area contributed by atoms with Gasteiger partial charge in [-0.05, 0) is 24.3 Å². The van der Waals surface area contributed by atoms with E-state index in [2.05, 4.69) is 4.98 Å². The quantitative estimate of drug-likeness (QED) is 0.781. The van der Waals surface area contributed by atoms with E-state index in [9.17, 15) is 23.1 Å². The van der Waals surface area contributed by atoms with Gasteiger partial charge in [-0.15, -0.1) is 0 Å². The van der Waals surface area contributed by atoms with Crippen LogP contribution in [0, 0.1) is 0 Å². The van der Waals surface area contributed by atoms with Crippen LogP contribution in [0.1, 0.15) is 16.1 Å². The summed E-state index contributed by atoms with van der Waals surface area (Å²) in [4.78, 5) is 14.2. The van der Waals surface area contributed by atoms with Crippen molar-refractivity contribution >= 4 is 17.2 Å². The molecule has 2 aromatic rings. The molecule has 0 aliphatic heterocycles. The van der Waals surface area contributed by atoms with Gasteiger partial charge >= 0.3 is 6.18 Å². The molecule has 0 aliphatic carbocycles. The second kappa shape index (κ2) is 3.73. The fraction of sp³-hybridized carbons (Fsp3) is 0.0909. The minimum absolute atomic E-state index is 0.0136. The van der Waals surface area contributed by atoms with E-state index in [4.69, 9.17) is 0 Å². The second-order valence-corrected chi connectivity index (χ2v) is 3.41. The lowest BCUT2D eigenvalue weighted by Gasteiger charge is -2.10. The maximum absolute atomic E-state index is 12.7. The molecule has 0 atom stereocenters. The van der Waals surface area contributed by atoms with Crippen molar-refractivity contribution < 1.29 is 23.1 Å². The molecule has 0 saturated carbocycles. The number of fused-ring (bicyclic) bond motifs is 1. The minimum Gasteiger partial charge on any atom is -0.508 e. The number of rotatable bonds is 1. The highest BCUT2D eigenvalue weighted by atomic mass is 19.4. The number of hydrogen-bond donors (Lipinski definition) is 1. The number of hydrogen-bond acceptors (Lipinski definition) is 3. The van der Waals surface area contributed by atoms with Gasteiger partial charge in [-0.2, -0.15) is 13.2 Å². The lowest BCUT2D eigenvalue weighted by Crippen LogP contribution is -2.07. The molecule has 0 spiro atoms. The number of aldehydes is 1. The van der Waals surface area contributed by atoms with Crippen molar-refractivity contribution in [3.8, 4) is 5.75 Å². The van der Waals surface area contributed by atoms with Crippen LogP contribution in [-0.2, 0) is 6.18 Å². The number of aromatic nitrogens is 1. The van der Waals surface area contributed by atoms with Crippen molar-refractivity contribution in [2.24, 2.45) is 0 Å². The monoisotopic (exact) mass is 241 g/mol. The van der Waals surface area contributed by atoms with Crippen LogP contribution in [0.2, 0.25) is 0 Å². The van der Waals surface area contributed by atoms with Crippen molar-refractivity contribution in [2.75, 3.05) is 0 Å². The van der Waals surface area contributed by atoms with E-state index in [0.717, 1.165) is 6.07 Å². The summed E-state index contributed by atoms with van der Waals surface area (Å²) in [6, 6.07) is 4.07. The number of phenolic OH excluding ortho intramolecular Hbond substituents is 1. The molecule has 1 heterocycles. The largest absolute Gasteiger partial charge is 0.508 e. The lowest BCUT2D eigenvalue weighted by atomic mass is 10.1. The standard InChI is InChI=1S/C11H6F3NO2/c12-11(13,14)9-3-6(5-16)15-10-2-1-7(17)4-8(9)10/h1-5,17H. The van der Waals surface area contributed by atoms with E-state index in [0.29, 0.717) is 6.07 Å². The second-order valence-electron chi connectivity index (χ2n) is 3.41. The highest BCUT2D eigenvalue weighted by molar-refractivity contribution is 5.87. The number of phenols is 1. The molecule has 17 heavy (non-hydrogen) atoms. The van der Waals surface area contributed by atoms with Gasteiger partial charge in [0.1, 0.15) is 11.4 Å². The first-order valence-corrected chi connectivity index (χ1v) is 4.58. The number of carbonyl (C=O) groups is 1. The Bertz CT molecular complexity index is 593. The van der Waals surface area contributed by atoms with Gasteiger partial charge in [-0.3, -0.25) is 4.79 Å². The van der Waals surface area contributed by atoms with Crippen LogP contribution in [0.5, 0.6) is 5.75 Å². The summed E-state index contributed by atoms with van der Waals surface area (Å²) in [6.07, 6.45) is -4.35. The Kier molecular flexibility index (Phi) is 2.49. The van der Waals surface area contributed by atoms with Crippen LogP contribution in [0.15, 0.2) is 24.3 Å². The van der Waals surface area contributed by atoms with Crippen LogP contribution in [0.4, 0.5) is 13.2 Å². The van der Waals surface area contributed by atoms with Crippen LogP contribution >= 0.6 is 0 Å². The van der Waals surface area contributed by atoms with Gasteiger partial charge < -0.3 is 5.11 Å². The SMILES string of the molecule is O=Cc1cc(C(F)(F)F)c2cc(O)ccc2n1. The number of carbonyl (C=O) groups excluding carboxylic acids is 1. The molecule has 2 rings (SSSR count). The normalized spacial score (nSPS) is 11.7. The molecule has 1 aromatic heterocycles. The van der Waals surface area contributed by atoms with Crippen LogP contribution < -0.4 is 0 Å². The zero-order chi connectivity index (χ0) is 12.6. The maximum Gasteiger partial charge on any atom is 0.417 e. The first-order valence-electron chi connectivity index (χ1n) is 4.58. The molecule has 0 saturated heterocycles. The fourth-order valence-electron chi connectivity index (χ4n) is 1.53. The minimum atomic E-state index is -4.60. The topological polar surface area (TPSA) is 50.2 Å². The molecule has 0 fully saturated rings. The Morgan fingerprint density at radius 2 is 1.94 bits per heavy atom. The molecule has 0 radical (unpaired) electrons. The molecule has 6 heteroatoms. The summed E-state index contributed by atoms with van der Waals surface area (Å²) < 4.78 is 38.2. The zero-order valence-corrected chi connectivity index (χ0v) is 8.32. The van der Waals surface area contributed by atoms with Crippen molar-refractivity contribution in [2.45, 2.75) is 6.18 Å². The number of pyridine rings is 1. The maximum atomic E-state index is 12.7. The summed E-state index contributed by atoms with van der Waals surface area (Å²) >= 11 is 0. The Hall–Kier alpha value is -2.11. The Morgan fingerprint density at radius 1 is 1.24 bits per heavy atom. The van der Waals surface area contributed by atoms with E-state index in [1.807, 2.05) is 0 Å². The van der Waals surface area contributed by atoms with Crippen molar-refractivity contribution in [1.29, 1.82) is 0 Å². The van der Waals surface area contributed by atoms with Gasteiger partial charge in [0.05, 0.1) is 11.1 Å². The number of benzene rings is 1. The average molecular weight is 241 g/mol. The Morgan fingerprint density at radius 3 is 2.53 bits per heavy atom. The number of halogens is 3. The Labute approximate surface area is 93.5 Å². The van der Waals surface area contributed by atoms with E-state index < -0.39 is 11.7 Å². The third kappa shape index (κ3) is 2.06. The van der Waals surface area contributed by atoms with E-state index in [-0.39, 0.29) is 28.6 Å². The smallest absolute Gasteiger partial charge is 0.417 e. The third-order valence-electron chi connectivity index (χ3n) is 2.24. The van der Waals surface area contributed by atoms with Crippen molar-refractivity contribution in [3.63, 3.8) is 0 Å². The van der Waals surface area contributed by atoms with Gasteiger partial charge in [-0.1, -0.05) is 0 Å². The molecule has 0 bridgehead atoms. The molecule has 0 amide bonds. The average Bonchev–Trinajstić information content (AvgIpc) is 2.26. The molecule has 1 aromatic carbocycles. The van der Waals surface area contributed by atoms with Crippen molar-refractivity contribution in [3.05, 3.63) is 35.5 Å². The van der Waals surface area contributed by atoms with Gasteiger partial charge in [0, 0.05) is 5.39 Å². The third-order valence-corrected chi connectivity index (χ3v) is 2.24. The number of aromatic hydroxyl groups is 1. The molecular formula is C11H6F3NO2. The summed E-state index contributed by atoms with van der Waals surface area (Å²) in [6.45, 7) is 0. The zero-order valence-electron chi connectivity index (χ0n) is 8.32. The van der Waals surface area contributed by atoms with Gasteiger partial charge in [0.2, 0.25) is 0 Å². The number of nitrogens with zero attached hydrogens (tertiary/aromatic N) is 1. The molecule has 88 valence electrons. The van der Waals surface area contributed by atoms with Gasteiger partial charge in [-0.25, -0.2) is 4.98 Å². The van der Waals surface area contributed by atoms with Gasteiger partial charge in [0.15, 0.2) is 6.29 Å². The molecule has 1 N–H and O–H groups in total. The summed E-state index contributed by atoms with van der Waals surface area (Å²) in [7, 11) is 0. The van der Waals surface area contributed by atoms with Crippen LogP contribution in [0.25, 0.3) is 10.9 Å². The highest BCUT2D eigenvalue weighted by Crippen LogP contribution is 2.35. The lowest BCUT2D eigenvalue weighted by molar-refractivity contribution is -0.136. The highest BCUT2D eigenvalue weighted by Gasteiger charge is 2.33. The Balaban J connectivity index is 2.86. The van der Waals surface area contributed by atoms with E-state index in [1.165, 1.54) is 12.1 Å². The van der Waals surface area contributed by atoms with Crippen LogP contribution in [0.3, 0.4) is 0 Å². The van der Waals surface area contributed by atoms with E-state index >= 15 is 0 Å². The van der Waals surface area contributed by atoms with E-state index in [1.54, 1.807) is 0 Å². The first-order chi connectivity index (χ1) is 7.91. The van der Waals surface area contributed by atoms with Crippen LogP contribution in [-0.4, -0.2) is 16.4 Å². The summed E-state index contributed by atoms with van der Waals surface area (Å²) in [5, 5.41) is 8.95. The summed E-state index contributed by atoms with van der Waals surface area (Å²) in [5.74, 6) is -0.288. The first kappa shape index (κ1) is 11.4. The molecule has 0 unspecified atom stereocenters. The molecular weight excluding hydrogens is 235 g/mol. The van der Waals surface area contributed by atoms with Gasteiger partial charge in [0.25, 0.3) is 0 Å². The molecule has 3 nitrogen and oxygen atoms in total. The number of alkyl halides is 3.